The van der Waals surface area contributed by atoms with Gasteiger partial charge in [0.15, 0.2) is 6.29 Å². The average Bonchev–Trinajstić information content (AvgIpc) is 3.24. The van der Waals surface area contributed by atoms with Gasteiger partial charge in [0, 0.05) is 6.54 Å². The molecule has 8 nitrogen and oxygen atoms in total. The molecule has 2 aliphatic heterocycles. The van der Waals surface area contributed by atoms with Crippen LogP contribution in [0.4, 0.5) is 10.5 Å². The van der Waals surface area contributed by atoms with E-state index in [1.165, 1.54) is 4.90 Å². The van der Waals surface area contributed by atoms with Gasteiger partial charge in [0.25, 0.3) is 5.69 Å². The number of carbonyl (C=O) groups excluding carboxylic acids is 1. The molecule has 140 valence electrons. The van der Waals surface area contributed by atoms with Gasteiger partial charge < -0.3 is 14.2 Å². The van der Waals surface area contributed by atoms with Gasteiger partial charge in [-0.2, -0.15) is 0 Å². The lowest BCUT2D eigenvalue weighted by Gasteiger charge is -2.26. The summed E-state index contributed by atoms with van der Waals surface area (Å²) in [5, 5.41) is 11.8. The molecule has 8 heteroatoms. The lowest BCUT2D eigenvalue weighted by atomic mass is 10.0. The third-order valence-electron chi connectivity index (χ3n) is 4.00. The fourth-order valence-electron chi connectivity index (χ4n) is 3.02. The van der Waals surface area contributed by atoms with E-state index < -0.39 is 22.9 Å². The Hall–Kier alpha value is -2.45. The van der Waals surface area contributed by atoms with Crippen molar-refractivity contribution in [3.05, 3.63) is 45.5 Å². The summed E-state index contributed by atoms with van der Waals surface area (Å²) < 4.78 is 16.3. The number of rotatable bonds is 3. The monoisotopic (exact) mass is 362 g/mol. The van der Waals surface area contributed by atoms with E-state index in [-0.39, 0.29) is 5.69 Å². The highest BCUT2D eigenvalue weighted by atomic mass is 16.7. The lowest BCUT2D eigenvalue weighted by molar-refractivity contribution is -0.387. The number of benzene rings is 1. The molecule has 1 aromatic rings. The maximum atomic E-state index is 12.5. The molecule has 0 bridgehead atoms. The summed E-state index contributed by atoms with van der Waals surface area (Å²) in [5.41, 5.74) is 0.424. The fourth-order valence-corrected chi connectivity index (χ4v) is 3.02. The van der Waals surface area contributed by atoms with E-state index in [1.807, 2.05) is 6.08 Å². The molecule has 0 atom stereocenters. The number of hydrogen-bond donors (Lipinski definition) is 0. The quantitative estimate of drug-likeness (QED) is 0.602. The number of carbonyl (C=O) groups is 1. The second-order valence-electron chi connectivity index (χ2n) is 7.08. The molecule has 1 amide bonds. The minimum Gasteiger partial charge on any atom is -0.443 e. The molecular formula is C18H22N2O6. The third-order valence-corrected chi connectivity index (χ3v) is 4.00. The molecule has 0 unspecified atom stereocenters. The number of ether oxygens (including phenoxy) is 3. The molecule has 0 radical (unpaired) electrons. The summed E-state index contributed by atoms with van der Waals surface area (Å²) in [7, 11) is 0. The van der Waals surface area contributed by atoms with Crippen molar-refractivity contribution in [2.75, 3.05) is 19.8 Å². The van der Waals surface area contributed by atoms with Gasteiger partial charge in [0.2, 0.25) is 0 Å². The predicted molar refractivity (Wildman–Crippen MR) is 93.3 cm³/mol. The number of nitro benzene ring substituents is 1. The lowest BCUT2D eigenvalue weighted by Crippen LogP contribution is -2.34. The van der Waals surface area contributed by atoms with Crippen LogP contribution in [0.3, 0.4) is 0 Å². The maximum absolute atomic E-state index is 12.5. The number of hydrogen-bond acceptors (Lipinski definition) is 6. The zero-order valence-electron chi connectivity index (χ0n) is 15.1. The van der Waals surface area contributed by atoms with E-state index in [2.05, 4.69) is 0 Å². The normalized spacial score (nSPS) is 18.1. The van der Waals surface area contributed by atoms with E-state index >= 15 is 0 Å². The molecule has 0 aliphatic carbocycles. The molecule has 26 heavy (non-hydrogen) atoms. The van der Waals surface area contributed by atoms with Gasteiger partial charge in [-0.1, -0.05) is 12.1 Å². The molecular weight excluding hydrogens is 340 g/mol. The highest BCUT2D eigenvalue weighted by Gasteiger charge is 2.35. The summed E-state index contributed by atoms with van der Waals surface area (Å²) in [5.74, 6) is 0. The van der Waals surface area contributed by atoms with Gasteiger partial charge in [0.05, 0.1) is 35.0 Å². The van der Waals surface area contributed by atoms with Crippen molar-refractivity contribution >= 4 is 17.5 Å². The largest absolute Gasteiger partial charge is 0.443 e. The van der Waals surface area contributed by atoms with Crippen molar-refractivity contribution in [1.29, 1.82) is 0 Å². The molecule has 1 saturated heterocycles. The summed E-state index contributed by atoms with van der Waals surface area (Å²) in [6, 6.07) is 4.95. The Kier molecular flexibility index (Phi) is 4.97. The van der Waals surface area contributed by atoms with Crippen molar-refractivity contribution in [2.24, 2.45) is 0 Å². The van der Waals surface area contributed by atoms with E-state index in [1.54, 1.807) is 39.0 Å². The van der Waals surface area contributed by atoms with Crippen LogP contribution >= 0.6 is 0 Å². The van der Waals surface area contributed by atoms with E-state index in [9.17, 15) is 14.9 Å². The van der Waals surface area contributed by atoms with Crippen LogP contribution in [0.2, 0.25) is 0 Å². The predicted octanol–water partition coefficient (Wildman–Crippen LogP) is 3.62. The smallest absolute Gasteiger partial charge is 0.414 e. The summed E-state index contributed by atoms with van der Waals surface area (Å²) in [4.78, 5) is 25.3. The first kappa shape index (κ1) is 18.3. The van der Waals surface area contributed by atoms with Crippen molar-refractivity contribution in [1.82, 2.24) is 4.90 Å². The Morgan fingerprint density at radius 1 is 1.31 bits per heavy atom. The minimum absolute atomic E-state index is 0.110. The highest BCUT2D eigenvalue weighted by Crippen LogP contribution is 2.39. The Balaban J connectivity index is 1.98. The average molecular weight is 362 g/mol. The van der Waals surface area contributed by atoms with Gasteiger partial charge in [-0.05, 0) is 39.3 Å². The molecule has 0 saturated carbocycles. The van der Waals surface area contributed by atoms with Gasteiger partial charge >= 0.3 is 6.09 Å². The summed E-state index contributed by atoms with van der Waals surface area (Å²) in [6.45, 7) is 6.53. The van der Waals surface area contributed by atoms with Crippen LogP contribution in [0.5, 0.6) is 0 Å². The van der Waals surface area contributed by atoms with Crippen LogP contribution in [-0.4, -0.2) is 41.3 Å². The molecule has 0 aromatic heterocycles. The second-order valence-corrected chi connectivity index (χ2v) is 7.08. The van der Waals surface area contributed by atoms with Gasteiger partial charge in [-0.25, -0.2) is 4.79 Å². The summed E-state index contributed by atoms with van der Waals surface area (Å²) in [6.07, 6.45) is 1.13. The summed E-state index contributed by atoms with van der Waals surface area (Å²) >= 11 is 0. The van der Waals surface area contributed by atoms with E-state index in [0.29, 0.717) is 43.0 Å². The first-order valence-corrected chi connectivity index (χ1v) is 8.49. The Labute approximate surface area is 151 Å². The third kappa shape index (κ3) is 3.71. The fraction of sp³-hybridized carbons (Fsp3) is 0.500. The standard InChI is InChI=1S/C18H22N2O6/c1-18(2,3)26-17(21)19-9-5-8-14(19)12-6-4-7-13(15(12)20(22)23)16-24-10-11-25-16/h4,6-8,16H,5,9-11H2,1-3H3. The number of amides is 1. The Morgan fingerprint density at radius 3 is 2.62 bits per heavy atom. The topological polar surface area (TPSA) is 91.1 Å². The van der Waals surface area contributed by atoms with Crippen LogP contribution in [0.15, 0.2) is 24.3 Å². The van der Waals surface area contributed by atoms with Crippen LogP contribution in [0.1, 0.15) is 44.6 Å². The molecule has 1 aromatic carbocycles. The molecule has 0 spiro atoms. The molecule has 3 rings (SSSR count). The van der Waals surface area contributed by atoms with Crippen molar-refractivity contribution in [2.45, 2.75) is 39.1 Å². The van der Waals surface area contributed by atoms with Crippen LogP contribution in [0, 0.1) is 10.1 Å². The molecule has 0 N–H and O–H groups in total. The minimum atomic E-state index is -0.771. The van der Waals surface area contributed by atoms with E-state index in [4.69, 9.17) is 14.2 Å². The Morgan fingerprint density at radius 2 is 2.00 bits per heavy atom. The van der Waals surface area contributed by atoms with Crippen molar-refractivity contribution < 1.29 is 23.9 Å². The first-order chi connectivity index (χ1) is 12.3. The number of nitrogens with zero attached hydrogens (tertiary/aromatic N) is 2. The molecule has 2 heterocycles. The van der Waals surface area contributed by atoms with Gasteiger partial charge in [-0.15, -0.1) is 0 Å². The van der Waals surface area contributed by atoms with Crippen molar-refractivity contribution in [3.8, 4) is 0 Å². The van der Waals surface area contributed by atoms with Gasteiger partial charge in [-0.3, -0.25) is 15.0 Å². The maximum Gasteiger partial charge on any atom is 0.414 e. The van der Waals surface area contributed by atoms with Crippen LogP contribution < -0.4 is 0 Å². The van der Waals surface area contributed by atoms with Crippen LogP contribution in [-0.2, 0) is 14.2 Å². The highest BCUT2D eigenvalue weighted by molar-refractivity contribution is 5.86. The Bertz CT molecular complexity index is 747. The van der Waals surface area contributed by atoms with Crippen molar-refractivity contribution in [3.63, 3.8) is 0 Å². The zero-order chi connectivity index (χ0) is 18.9. The first-order valence-electron chi connectivity index (χ1n) is 8.49. The molecule has 1 fully saturated rings. The van der Waals surface area contributed by atoms with E-state index in [0.717, 1.165) is 0 Å². The zero-order valence-corrected chi connectivity index (χ0v) is 15.1. The molecule has 2 aliphatic rings. The number of nitro groups is 1. The number of para-hydroxylation sites is 1. The SMILES string of the molecule is CC(C)(C)OC(=O)N1CCC=C1c1cccc(C2OCCO2)c1[N+](=O)[O-]. The van der Waals surface area contributed by atoms with Gasteiger partial charge in [0.1, 0.15) is 5.60 Å². The second kappa shape index (κ2) is 7.05. The van der Waals surface area contributed by atoms with Crippen LogP contribution in [0.25, 0.3) is 5.70 Å².